The fourth-order valence-corrected chi connectivity index (χ4v) is 2.11. The molecule has 1 rings (SSSR count). The van der Waals surface area contributed by atoms with E-state index in [0.717, 1.165) is 36.7 Å². The Morgan fingerprint density at radius 3 is 2.29 bits per heavy atom. The van der Waals surface area contributed by atoms with Crippen LogP contribution in [0.5, 0.6) is 0 Å². The molecular weight excluding hydrogens is 214 g/mol. The van der Waals surface area contributed by atoms with Gasteiger partial charge in [-0.2, -0.15) is 0 Å². The second-order valence-electron chi connectivity index (χ2n) is 4.46. The molecule has 0 aromatic carbocycles. The van der Waals surface area contributed by atoms with Crippen LogP contribution < -0.4 is 5.73 Å². The molecule has 0 amide bonds. The highest BCUT2D eigenvalue weighted by atomic mass is 16.5. The van der Waals surface area contributed by atoms with Crippen molar-refractivity contribution in [3.63, 3.8) is 0 Å². The fraction of sp³-hybridized carbons (Fsp3) is 0.692. The van der Waals surface area contributed by atoms with Crippen LogP contribution in [0, 0.1) is 13.8 Å². The monoisotopic (exact) mass is 237 g/mol. The van der Waals surface area contributed by atoms with Gasteiger partial charge in [-0.15, -0.1) is 0 Å². The van der Waals surface area contributed by atoms with Crippen LogP contribution in [-0.4, -0.2) is 30.2 Å². The summed E-state index contributed by atoms with van der Waals surface area (Å²) in [6.45, 7) is 7.58. The fourth-order valence-electron chi connectivity index (χ4n) is 2.11. The van der Waals surface area contributed by atoms with Crippen molar-refractivity contribution < 1.29 is 4.74 Å². The van der Waals surface area contributed by atoms with Crippen molar-refractivity contribution in [2.75, 3.05) is 20.3 Å². The molecule has 1 aromatic rings. The summed E-state index contributed by atoms with van der Waals surface area (Å²) in [6.07, 6.45) is 1.83. The minimum atomic E-state index is 0.322. The summed E-state index contributed by atoms with van der Waals surface area (Å²) in [5.41, 5.74) is 9.02. The van der Waals surface area contributed by atoms with Gasteiger partial charge in [-0.25, -0.2) is 9.97 Å². The van der Waals surface area contributed by atoms with Crippen molar-refractivity contribution in [1.29, 1.82) is 0 Å². The van der Waals surface area contributed by atoms with Crippen molar-refractivity contribution in [3.8, 4) is 0 Å². The average molecular weight is 237 g/mol. The molecule has 0 saturated carbocycles. The Hall–Kier alpha value is -1.00. The van der Waals surface area contributed by atoms with E-state index in [1.54, 1.807) is 7.11 Å². The van der Waals surface area contributed by atoms with Crippen LogP contribution in [0.1, 0.15) is 42.0 Å². The number of rotatable bonds is 6. The lowest BCUT2D eigenvalue weighted by atomic mass is 9.98. The summed E-state index contributed by atoms with van der Waals surface area (Å²) in [5, 5.41) is 0. The van der Waals surface area contributed by atoms with Crippen LogP contribution in [0.15, 0.2) is 0 Å². The van der Waals surface area contributed by atoms with E-state index in [9.17, 15) is 0 Å². The molecule has 2 N–H and O–H groups in total. The van der Waals surface area contributed by atoms with Gasteiger partial charge in [0.25, 0.3) is 0 Å². The van der Waals surface area contributed by atoms with Crippen molar-refractivity contribution in [2.24, 2.45) is 5.73 Å². The lowest BCUT2D eigenvalue weighted by molar-refractivity contribution is 0.194. The van der Waals surface area contributed by atoms with Gasteiger partial charge in [0.15, 0.2) is 0 Å². The van der Waals surface area contributed by atoms with Crippen molar-refractivity contribution in [2.45, 2.75) is 39.5 Å². The Kier molecular flexibility index (Phi) is 5.51. The van der Waals surface area contributed by atoms with E-state index >= 15 is 0 Å². The maximum Gasteiger partial charge on any atom is 0.128 e. The first-order chi connectivity index (χ1) is 8.10. The lowest BCUT2D eigenvalue weighted by Gasteiger charge is -2.15. The number of aryl methyl sites for hydroxylation is 3. The van der Waals surface area contributed by atoms with Crippen LogP contribution in [0.3, 0.4) is 0 Å². The molecule has 1 unspecified atom stereocenters. The molecule has 0 bridgehead atoms. The van der Waals surface area contributed by atoms with Crippen LogP contribution in [0.25, 0.3) is 0 Å². The highest BCUT2D eigenvalue weighted by Crippen LogP contribution is 2.20. The molecule has 0 fully saturated rings. The van der Waals surface area contributed by atoms with E-state index in [4.69, 9.17) is 10.5 Å². The van der Waals surface area contributed by atoms with Crippen molar-refractivity contribution >= 4 is 0 Å². The zero-order valence-corrected chi connectivity index (χ0v) is 11.3. The SMILES string of the molecule is COCCCc1nc(C)c(C(C)CN)c(C)n1. The minimum Gasteiger partial charge on any atom is -0.385 e. The summed E-state index contributed by atoms with van der Waals surface area (Å²) >= 11 is 0. The zero-order valence-electron chi connectivity index (χ0n) is 11.3. The van der Waals surface area contributed by atoms with Crippen LogP contribution >= 0.6 is 0 Å². The van der Waals surface area contributed by atoms with E-state index in [-0.39, 0.29) is 0 Å². The largest absolute Gasteiger partial charge is 0.385 e. The predicted molar refractivity (Wildman–Crippen MR) is 69.2 cm³/mol. The molecule has 0 aliphatic rings. The van der Waals surface area contributed by atoms with E-state index in [0.29, 0.717) is 12.5 Å². The van der Waals surface area contributed by atoms with Crippen LogP contribution in [0.2, 0.25) is 0 Å². The number of hydrogen-bond donors (Lipinski definition) is 1. The van der Waals surface area contributed by atoms with E-state index in [1.807, 2.05) is 13.8 Å². The average Bonchev–Trinajstić information content (AvgIpc) is 2.28. The Labute approximate surface area is 104 Å². The van der Waals surface area contributed by atoms with Gasteiger partial charge in [0, 0.05) is 31.5 Å². The first-order valence-electron chi connectivity index (χ1n) is 6.13. The Morgan fingerprint density at radius 1 is 1.24 bits per heavy atom. The van der Waals surface area contributed by atoms with E-state index in [2.05, 4.69) is 16.9 Å². The molecule has 96 valence electrons. The Bertz CT molecular complexity index is 343. The topological polar surface area (TPSA) is 61.0 Å². The molecule has 0 saturated heterocycles. The molecule has 1 heterocycles. The second kappa shape index (κ2) is 6.67. The molecule has 1 atom stereocenters. The van der Waals surface area contributed by atoms with Gasteiger partial charge in [-0.05, 0) is 38.3 Å². The molecule has 1 aromatic heterocycles. The second-order valence-corrected chi connectivity index (χ2v) is 4.46. The summed E-state index contributed by atoms with van der Waals surface area (Å²) in [5.74, 6) is 1.23. The quantitative estimate of drug-likeness (QED) is 0.765. The summed E-state index contributed by atoms with van der Waals surface area (Å²) in [6, 6.07) is 0. The standard InChI is InChI=1S/C13H23N3O/c1-9(8-14)13-10(2)15-12(16-11(13)3)6-5-7-17-4/h9H,5-8,14H2,1-4H3. The highest BCUT2D eigenvalue weighted by molar-refractivity contribution is 5.28. The minimum absolute atomic E-state index is 0.322. The first-order valence-corrected chi connectivity index (χ1v) is 6.13. The van der Waals surface area contributed by atoms with Crippen molar-refractivity contribution in [1.82, 2.24) is 9.97 Å². The predicted octanol–water partition coefficient (Wildman–Crippen LogP) is 1.73. The van der Waals surface area contributed by atoms with Gasteiger partial charge in [0.05, 0.1) is 0 Å². The number of ether oxygens (including phenoxy) is 1. The number of nitrogens with two attached hydrogens (primary N) is 1. The highest BCUT2D eigenvalue weighted by Gasteiger charge is 2.13. The first kappa shape index (κ1) is 14.1. The maximum absolute atomic E-state index is 5.71. The molecule has 0 radical (unpaired) electrons. The van der Waals surface area contributed by atoms with Gasteiger partial charge in [0.2, 0.25) is 0 Å². The summed E-state index contributed by atoms with van der Waals surface area (Å²) in [7, 11) is 1.71. The van der Waals surface area contributed by atoms with Gasteiger partial charge in [-0.3, -0.25) is 0 Å². The number of methoxy groups -OCH3 is 1. The smallest absolute Gasteiger partial charge is 0.128 e. The Morgan fingerprint density at radius 2 is 1.82 bits per heavy atom. The molecule has 17 heavy (non-hydrogen) atoms. The molecule has 4 heteroatoms. The van der Waals surface area contributed by atoms with Gasteiger partial charge in [-0.1, -0.05) is 6.92 Å². The molecule has 0 aliphatic carbocycles. The third kappa shape index (κ3) is 3.75. The lowest BCUT2D eigenvalue weighted by Crippen LogP contribution is -2.15. The molecule has 0 aliphatic heterocycles. The number of nitrogens with zero attached hydrogens (tertiary/aromatic N) is 2. The number of hydrogen-bond acceptors (Lipinski definition) is 4. The van der Waals surface area contributed by atoms with Gasteiger partial charge < -0.3 is 10.5 Å². The van der Waals surface area contributed by atoms with Gasteiger partial charge >= 0.3 is 0 Å². The summed E-state index contributed by atoms with van der Waals surface area (Å²) in [4.78, 5) is 9.11. The van der Waals surface area contributed by atoms with E-state index in [1.165, 1.54) is 5.56 Å². The molecule has 0 spiro atoms. The zero-order chi connectivity index (χ0) is 12.8. The van der Waals surface area contributed by atoms with E-state index < -0.39 is 0 Å². The molecular formula is C13H23N3O. The van der Waals surface area contributed by atoms with Crippen LogP contribution in [-0.2, 0) is 11.2 Å². The molecule has 4 nitrogen and oxygen atoms in total. The van der Waals surface area contributed by atoms with Crippen LogP contribution in [0.4, 0.5) is 0 Å². The Balaban J connectivity index is 2.85. The van der Waals surface area contributed by atoms with Crippen molar-refractivity contribution in [3.05, 3.63) is 22.8 Å². The number of aromatic nitrogens is 2. The van der Waals surface area contributed by atoms with Gasteiger partial charge in [0.1, 0.15) is 5.82 Å². The summed E-state index contributed by atoms with van der Waals surface area (Å²) < 4.78 is 5.03. The third-order valence-corrected chi connectivity index (χ3v) is 2.97. The third-order valence-electron chi connectivity index (χ3n) is 2.97. The maximum atomic E-state index is 5.71. The normalized spacial score (nSPS) is 12.8.